The number of fused-ring (bicyclic) bond motifs is 1. The number of aromatic nitrogens is 1. The van der Waals surface area contributed by atoms with E-state index in [-0.39, 0.29) is 12.2 Å². The molecule has 0 aliphatic carbocycles. The Morgan fingerprint density at radius 2 is 1.82 bits per heavy atom. The Hall–Kier alpha value is -3.81. The van der Waals surface area contributed by atoms with Gasteiger partial charge in [-0.3, -0.25) is 0 Å². The summed E-state index contributed by atoms with van der Waals surface area (Å²) in [4.78, 5) is 14.5. The van der Waals surface area contributed by atoms with Crippen molar-refractivity contribution < 1.29 is 32.2 Å². The molecule has 34 heavy (non-hydrogen) atoms. The van der Waals surface area contributed by atoms with E-state index in [0.717, 1.165) is 39.2 Å². The highest BCUT2D eigenvalue weighted by Crippen LogP contribution is 2.35. The molecule has 4 aromatic rings. The minimum Gasteiger partial charge on any atom is -0.490 e. The number of H-pyrrole nitrogens is 1. The number of carbonyl (C=O) groups is 1. The number of benzene rings is 3. The third-order valence-corrected chi connectivity index (χ3v) is 5.68. The second-order valence-corrected chi connectivity index (χ2v) is 7.94. The standard InChI is InChI=1S/C26H21F4NO3/c1-15-13-16(25(32)33)10-11-18(15)20-7-2-6-19-17(14-31-24(19)20)5-4-12-34-22-9-3-8-21(23(22)27)26(28,29)30/h2-3,6-11,13-14,31H,4-5,12H2,1H3,(H,32,33). The number of carboxylic acid groups (broad SMARTS) is 1. The summed E-state index contributed by atoms with van der Waals surface area (Å²) in [5.74, 6) is -2.81. The van der Waals surface area contributed by atoms with Crippen LogP contribution in [0.5, 0.6) is 5.75 Å². The number of aromatic amines is 1. The number of aryl methyl sites for hydroxylation is 2. The average molecular weight is 471 g/mol. The molecular weight excluding hydrogens is 450 g/mol. The molecule has 0 saturated carbocycles. The first-order valence-corrected chi connectivity index (χ1v) is 10.6. The highest BCUT2D eigenvalue weighted by atomic mass is 19.4. The van der Waals surface area contributed by atoms with Gasteiger partial charge >= 0.3 is 12.1 Å². The lowest BCUT2D eigenvalue weighted by molar-refractivity contribution is -0.140. The van der Waals surface area contributed by atoms with Crippen molar-refractivity contribution in [1.29, 1.82) is 0 Å². The van der Waals surface area contributed by atoms with Gasteiger partial charge in [-0.15, -0.1) is 0 Å². The summed E-state index contributed by atoms with van der Waals surface area (Å²) < 4.78 is 58.0. The Morgan fingerprint density at radius 3 is 2.53 bits per heavy atom. The topological polar surface area (TPSA) is 62.3 Å². The molecule has 0 fully saturated rings. The normalized spacial score (nSPS) is 11.7. The summed E-state index contributed by atoms with van der Waals surface area (Å²) in [6, 6.07) is 13.8. The second kappa shape index (κ2) is 9.21. The molecule has 0 aliphatic rings. The van der Waals surface area contributed by atoms with Gasteiger partial charge in [0.15, 0.2) is 11.6 Å². The Bertz CT molecular complexity index is 1360. The fourth-order valence-electron chi connectivity index (χ4n) is 4.03. The Balaban J connectivity index is 1.49. The summed E-state index contributed by atoms with van der Waals surface area (Å²) in [5.41, 5.74) is 3.44. The van der Waals surface area contributed by atoms with E-state index in [4.69, 9.17) is 4.74 Å². The molecule has 0 bridgehead atoms. The number of ether oxygens (including phenoxy) is 1. The van der Waals surface area contributed by atoms with Gasteiger partial charge in [0.2, 0.25) is 0 Å². The lowest BCUT2D eigenvalue weighted by Crippen LogP contribution is -2.10. The van der Waals surface area contributed by atoms with Crippen LogP contribution >= 0.6 is 0 Å². The third kappa shape index (κ3) is 4.62. The Kier molecular flexibility index (Phi) is 6.32. The average Bonchev–Trinajstić information content (AvgIpc) is 3.20. The van der Waals surface area contributed by atoms with E-state index >= 15 is 0 Å². The molecule has 0 amide bonds. The zero-order chi connectivity index (χ0) is 24.5. The number of para-hydroxylation sites is 1. The van der Waals surface area contributed by atoms with Crippen molar-refractivity contribution in [2.75, 3.05) is 6.61 Å². The molecule has 1 heterocycles. The van der Waals surface area contributed by atoms with Crippen LogP contribution in [0.2, 0.25) is 0 Å². The molecule has 8 heteroatoms. The SMILES string of the molecule is Cc1cc(C(=O)O)ccc1-c1cccc2c(CCCOc3cccc(C(F)(F)F)c3F)c[nH]c12. The van der Waals surface area contributed by atoms with Crippen LogP contribution in [0.15, 0.2) is 60.8 Å². The van der Waals surface area contributed by atoms with Crippen LogP contribution in [0.25, 0.3) is 22.0 Å². The van der Waals surface area contributed by atoms with E-state index < -0.39 is 29.3 Å². The van der Waals surface area contributed by atoms with Gasteiger partial charge in [-0.2, -0.15) is 13.2 Å². The predicted octanol–water partition coefficient (Wildman–Crippen LogP) is 7.01. The zero-order valence-electron chi connectivity index (χ0n) is 18.2. The van der Waals surface area contributed by atoms with Gasteiger partial charge in [0.25, 0.3) is 0 Å². The van der Waals surface area contributed by atoms with Crippen molar-refractivity contribution in [3.05, 3.63) is 88.9 Å². The summed E-state index contributed by atoms with van der Waals surface area (Å²) in [7, 11) is 0. The maximum Gasteiger partial charge on any atom is 0.419 e. The van der Waals surface area contributed by atoms with E-state index in [2.05, 4.69) is 4.98 Å². The molecule has 4 nitrogen and oxygen atoms in total. The first-order valence-electron chi connectivity index (χ1n) is 10.6. The van der Waals surface area contributed by atoms with Crippen LogP contribution in [0.1, 0.15) is 33.5 Å². The van der Waals surface area contributed by atoms with E-state index in [1.165, 1.54) is 6.07 Å². The number of aromatic carboxylic acids is 1. The number of nitrogens with one attached hydrogen (secondary N) is 1. The van der Waals surface area contributed by atoms with Gasteiger partial charge < -0.3 is 14.8 Å². The highest BCUT2D eigenvalue weighted by molar-refractivity contribution is 5.97. The minimum atomic E-state index is -4.78. The van der Waals surface area contributed by atoms with Crippen LogP contribution in [0, 0.1) is 12.7 Å². The molecule has 0 radical (unpaired) electrons. The first kappa shape index (κ1) is 23.4. The smallest absolute Gasteiger partial charge is 0.419 e. The van der Waals surface area contributed by atoms with Crippen LogP contribution in [-0.2, 0) is 12.6 Å². The van der Waals surface area contributed by atoms with Gasteiger partial charge in [0.05, 0.1) is 23.3 Å². The van der Waals surface area contributed by atoms with Crippen molar-refractivity contribution >= 4 is 16.9 Å². The number of hydrogen-bond acceptors (Lipinski definition) is 2. The highest BCUT2D eigenvalue weighted by Gasteiger charge is 2.35. The predicted molar refractivity (Wildman–Crippen MR) is 121 cm³/mol. The van der Waals surface area contributed by atoms with Crippen LogP contribution in [0.4, 0.5) is 17.6 Å². The largest absolute Gasteiger partial charge is 0.490 e. The van der Waals surface area contributed by atoms with E-state index in [9.17, 15) is 27.5 Å². The number of halogens is 4. The van der Waals surface area contributed by atoms with Gasteiger partial charge in [0.1, 0.15) is 0 Å². The van der Waals surface area contributed by atoms with E-state index in [0.29, 0.717) is 18.9 Å². The Morgan fingerprint density at radius 1 is 1.06 bits per heavy atom. The molecule has 1 aromatic heterocycles. The minimum absolute atomic E-state index is 0.0559. The van der Waals surface area contributed by atoms with Crippen LogP contribution in [0.3, 0.4) is 0 Å². The molecule has 0 unspecified atom stereocenters. The number of rotatable bonds is 7. The van der Waals surface area contributed by atoms with Crippen molar-refractivity contribution in [1.82, 2.24) is 4.98 Å². The van der Waals surface area contributed by atoms with Crippen molar-refractivity contribution in [3.8, 4) is 16.9 Å². The van der Waals surface area contributed by atoms with Crippen molar-refractivity contribution in [2.45, 2.75) is 25.9 Å². The molecule has 0 atom stereocenters. The molecule has 0 spiro atoms. The molecule has 4 rings (SSSR count). The lowest BCUT2D eigenvalue weighted by atomic mass is 9.96. The third-order valence-electron chi connectivity index (χ3n) is 5.68. The van der Waals surface area contributed by atoms with Crippen molar-refractivity contribution in [3.63, 3.8) is 0 Å². The summed E-state index contributed by atoms with van der Waals surface area (Å²) >= 11 is 0. The number of hydrogen-bond donors (Lipinski definition) is 2. The Labute approximate surface area is 192 Å². The van der Waals surface area contributed by atoms with Crippen molar-refractivity contribution in [2.24, 2.45) is 0 Å². The van der Waals surface area contributed by atoms with Gasteiger partial charge in [-0.25, -0.2) is 9.18 Å². The molecule has 3 aromatic carbocycles. The summed E-state index contributed by atoms with van der Waals surface area (Å²) in [5, 5.41) is 10.2. The molecule has 0 aliphatic heterocycles. The van der Waals surface area contributed by atoms with Gasteiger partial charge in [0, 0.05) is 17.1 Å². The summed E-state index contributed by atoms with van der Waals surface area (Å²) in [6.45, 7) is 1.91. The van der Waals surface area contributed by atoms with Crippen LogP contribution < -0.4 is 4.74 Å². The molecule has 2 N–H and O–H groups in total. The monoisotopic (exact) mass is 471 g/mol. The quantitative estimate of drug-likeness (QED) is 0.225. The van der Waals surface area contributed by atoms with Gasteiger partial charge in [-0.05, 0) is 60.7 Å². The second-order valence-electron chi connectivity index (χ2n) is 7.94. The maximum atomic E-state index is 14.1. The van der Waals surface area contributed by atoms with Crippen LogP contribution in [-0.4, -0.2) is 22.7 Å². The maximum absolute atomic E-state index is 14.1. The number of carboxylic acids is 1. The molecular formula is C26H21F4NO3. The fourth-order valence-corrected chi connectivity index (χ4v) is 4.03. The van der Waals surface area contributed by atoms with E-state index in [1.807, 2.05) is 31.3 Å². The zero-order valence-corrected chi connectivity index (χ0v) is 18.2. The van der Waals surface area contributed by atoms with Gasteiger partial charge in [-0.1, -0.05) is 30.3 Å². The molecule has 0 saturated heterocycles. The summed E-state index contributed by atoms with van der Waals surface area (Å²) in [6.07, 6.45) is -1.88. The van der Waals surface area contributed by atoms with E-state index in [1.54, 1.807) is 18.2 Å². The fraction of sp³-hybridized carbons (Fsp3) is 0.192. The first-order chi connectivity index (χ1) is 16.2. The number of alkyl halides is 3. The lowest BCUT2D eigenvalue weighted by Gasteiger charge is -2.12. The molecule has 176 valence electrons.